The number of nitrogens with zero attached hydrogens (tertiary/aromatic N) is 2. The molecule has 1 saturated carbocycles. The van der Waals surface area contributed by atoms with Gasteiger partial charge in [0, 0.05) is 17.5 Å². The number of imidazole rings is 1. The number of sulfonamides is 1. The minimum atomic E-state index is -3.67. The fraction of sp³-hybridized carbons (Fsp3) is 0.417. The first-order valence-electron chi connectivity index (χ1n) is 6.25. The molecule has 6 nitrogen and oxygen atoms in total. The van der Waals surface area contributed by atoms with Crippen molar-refractivity contribution in [2.75, 3.05) is 18.5 Å². The van der Waals surface area contributed by atoms with Crippen molar-refractivity contribution >= 4 is 33.3 Å². The van der Waals surface area contributed by atoms with Crippen molar-refractivity contribution in [3.63, 3.8) is 0 Å². The maximum absolute atomic E-state index is 12.5. The Bertz CT molecular complexity index is 750. The van der Waals surface area contributed by atoms with Crippen LogP contribution in [-0.2, 0) is 10.0 Å². The highest BCUT2D eigenvalue weighted by Gasteiger charge is 2.43. The molecule has 0 bridgehead atoms. The first kappa shape index (κ1) is 13.7. The van der Waals surface area contributed by atoms with Crippen LogP contribution in [0.5, 0.6) is 0 Å². The molecule has 0 aliphatic heterocycles. The van der Waals surface area contributed by atoms with Crippen molar-refractivity contribution in [3.05, 3.63) is 24.4 Å². The lowest BCUT2D eigenvalue weighted by atomic mass is 10.4. The highest BCUT2D eigenvalue weighted by molar-refractivity contribution is 8.00. The molecule has 0 atom stereocenters. The monoisotopic (exact) mass is 312 g/mol. The Morgan fingerprint density at radius 2 is 2.25 bits per heavy atom. The van der Waals surface area contributed by atoms with E-state index in [-0.39, 0.29) is 15.6 Å². The number of pyridine rings is 1. The average Bonchev–Trinajstić information content (AvgIpc) is 3.12. The van der Waals surface area contributed by atoms with Crippen molar-refractivity contribution in [1.29, 1.82) is 0 Å². The molecule has 8 heteroatoms. The van der Waals surface area contributed by atoms with Crippen molar-refractivity contribution in [2.45, 2.75) is 22.6 Å². The lowest BCUT2D eigenvalue weighted by Gasteiger charge is -2.13. The van der Waals surface area contributed by atoms with Crippen LogP contribution in [0.2, 0.25) is 0 Å². The van der Waals surface area contributed by atoms with Gasteiger partial charge in [0.25, 0.3) is 10.0 Å². The Kier molecular flexibility index (Phi) is 3.19. The number of nitrogen functional groups attached to an aromatic ring is 1. The zero-order valence-electron chi connectivity index (χ0n) is 11.0. The van der Waals surface area contributed by atoms with Gasteiger partial charge in [0.05, 0.1) is 0 Å². The molecular formula is C12H16N4O2S2. The van der Waals surface area contributed by atoms with Gasteiger partial charge in [-0.2, -0.15) is 11.8 Å². The summed E-state index contributed by atoms with van der Waals surface area (Å²) in [6.45, 7) is 0.427. The minimum absolute atomic E-state index is 0.0185. The number of nitrogens with two attached hydrogens (primary N) is 1. The van der Waals surface area contributed by atoms with Crippen molar-refractivity contribution in [1.82, 2.24) is 14.1 Å². The van der Waals surface area contributed by atoms with Gasteiger partial charge >= 0.3 is 0 Å². The standard InChI is InChI=1S/C12H16N4O2S2/c1-19-12(5-6-12)8-14-20(17,18)11-10(13)15-9-4-2-3-7-16(9)11/h2-4,7,14H,5-6,8,13H2,1H3. The van der Waals surface area contributed by atoms with E-state index < -0.39 is 10.0 Å². The molecule has 0 amide bonds. The summed E-state index contributed by atoms with van der Waals surface area (Å²) < 4.78 is 29.1. The number of thioether (sulfide) groups is 1. The first-order valence-corrected chi connectivity index (χ1v) is 8.96. The van der Waals surface area contributed by atoms with Gasteiger partial charge in [-0.25, -0.2) is 18.1 Å². The van der Waals surface area contributed by atoms with Crippen molar-refractivity contribution < 1.29 is 8.42 Å². The number of hydrogen-bond acceptors (Lipinski definition) is 5. The van der Waals surface area contributed by atoms with Crippen LogP contribution in [0.15, 0.2) is 29.4 Å². The fourth-order valence-corrected chi connectivity index (χ4v) is 4.30. The van der Waals surface area contributed by atoms with Crippen LogP contribution in [0.1, 0.15) is 12.8 Å². The summed E-state index contributed by atoms with van der Waals surface area (Å²) in [6, 6.07) is 5.26. The molecule has 20 heavy (non-hydrogen) atoms. The summed E-state index contributed by atoms with van der Waals surface area (Å²) in [5.41, 5.74) is 6.30. The predicted molar refractivity (Wildman–Crippen MR) is 80.3 cm³/mol. The van der Waals surface area contributed by atoms with Crippen LogP contribution in [0.4, 0.5) is 5.82 Å². The molecule has 0 saturated heterocycles. The van der Waals surface area contributed by atoms with Gasteiger partial charge in [0.1, 0.15) is 5.65 Å². The summed E-state index contributed by atoms with van der Waals surface area (Å²) in [6.07, 6.45) is 5.73. The third-order valence-corrected chi connectivity index (χ3v) is 6.45. The van der Waals surface area contributed by atoms with Gasteiger partial charge in [0.2, 0.25) is 0 Å². The van der Waals surface area contributed by atoms with Crippen LogP contribution >= 0.6 is 11.8 Å². The van der Waals surface area contributed by atoms with Gasteiger partial charge in [-0.15, -0.1) is 0 Å². The molecule has 0 radical (unpaired) electrons. The molecule has 3 rings (SSSR count). The number of fused-ring (bicyclic) bond motifs is 1. The Labute approximate surface area is 121 Å². The van der Waals surface area contributed by atoms with E-state index >= 15 is 0 Å². The molecule has 2 aromatic heterocycles. The Morgan fingerprint density at radius 1 is 1.50 bits per heavy atom. The smallest absolute Gasteiger partial charge is 0.260 e. The van der Waals surface area contributed by atoms with Crippen molar-refractivity contribution in [3.8, 4) is 0 Å². The third-order valence-electron chi connectivity index (χ3n) is 3.59. The first-order chi connectivity index (χ1) is 9.47. The number of rotatable bonds is 5. The summed E-state index contributed by atoms with van der Waals surface area (Å²) >= 11 is 1.70. The van der Waals surface area contributed by atoms with E-state index in [9.17, 15) is 8.42 Å². The van der Waals surface area contributed by atoms with Crippen LogP contribution < -0.4 is 10.5 Å². The lowest BCUT2D eigenvalue weighted by molar-refractivity contribution is 0.575. The highest BCUT2D eigenvalue weighted by Crippen LogP contribution is 2.46. The van der Waals surface area contributed by atoms with Crippen LogP contribution in [0.25, 0.3) is 5.65 Å². The van der Waals surface area contributed by atoms with E-state index in [1.807, 2.05) is 6.26 Å². The second kappa shape index (κ2) is 4.64. The van der Waals surface area contributed by atoms with Gasteiger partial charge in [-0.05, 0) is 31.2 Å². The molecule has 1 aliphatic rings. The van der Waals surface area contributed by atoms with E-state index in [0.29, 0.717) is 12.2 Å². The van der Waals surface area contributed by atoms with Gasteiger partial charge < -0.3 is 5.73 Å². The molecule has 2 heterocycles. The molecule has 1 fully saturated rings. The minimum Gasteiger partial charge on any atom is -0.381 e. The summed E-state index contributed by atoms with van der Waals surface area (Å²) in [4.78, 5) is 4.08. The largest absolute Gasteiger partial charge is 0.381 e. The summed E-state index contributed by atoms with van der Waals surface area (Å²) in [5.74, 6) is 0.0256. The van der Waals surface area contributed by atoms with Crippen LogP contribution in [-0.4, -0.2) is 35.4 Å². The fourth-order valence-electron chi connectivity index (χ4n) is 2.15. The van der Waals surface area contributed by atoms with Crippen LogP contribution in [0, 0.1) is 0 Å². The molecule has 108 valence electrons. The molecule has 0 spiro atoms. The quantitative estimate of drug-likeness (QED) is 0.862. The number of anilines is 1. The summed E-state index contributed by atoms with van der Waals surface area (Å²) in [7, 11) is -3.67. The number of hydrogen-bond donors (Lipinski definition) is 2. The highest BCUT2D eigenvalue weighted by atomic mass is 32.2. The Balaban J connectivity index is 1.95. The van der Waals surface area contributed by atoms with E-state index in [4.69, 9.17) is 5.73 Å². The van der Waals surface area contributed by atoms with Gasteiger partial charge in [-0.1, -0.05) is 6.07 Å². The molecule has 0 aromatic carbocycles. The molecular weight excluding hydrogens is 296 g/mol. The van der Waals surface area contributed by atoms with Gasteiger partial charge in [-0.3, -0.25) is 4.40 Å². The van der Waals surface area contributed by atoms with E-state index in [1.54, 1.807) is 36.2 Å². The lowest BCUT2D eigenvalue weighted by Crippen LogP contribution is -2.32. The molecule has 3 N–H and O–H groups in total. The summed E-state index contributed by atoms with van der Waals surface area (Å²) in [5, 5.41) is 0.0185. The van der Waals surface area contributed by atoms with E-state index in [0.717, 1.165) is 12.8 Å². The average molecular weight is 312 g/mol. The van der Waals surface area contributed by atoms with E-state index in [2.05, 4.69) is 9.71 Å². The second-order valence-corrected chi connectivity index (χ2v) is 7.90. The Morgan fingerprint density at radius 3 is 2.90 bits per heavy atom. The van der Waals surface area contributed by atoms with Gasteiger partial charge in [0.15, 0.2) is 10.8 Å². The third kappa shape index (κ3) is 2.27. The molecule has 1 aliphatic carbocycles. The van der Waals surface area contributed by atoms with Crippen molar-refractivity contribution in [2.24, 2.45) is 0 Å². The zero-order valence-corrected chi connectivity index (χ0v) is 12.7. The second-order valence-electron chi connectivity index (χ2n) is 4.94. The molecule has 2 aromatic rings. The predicted octanol–water partition coefficient (Wildman–Crippen LogP) is 1.09. The maximum Gasteiger partial charge on any atom is 0.260 e. The number of aromatic nitrogens is 2. The molecule has 0 unspecified atom stereocenters. The normalized spacial score (nSPS) is 17.4. The SMILES string of the molecule is CSC1(CNS(=O)(=O)c2c(N)nc3ccccn23)CC1. The maximum atomic E-state index is 12.5. The zero-order chi connectivity index (χ0) is 14.4. The number of nitrogens with one attached hydrogen (secondary N) is 1. The Hall–Kier alpha value is -1.25. The van der Waals surface area contributed by atoms with Crippen LogP contribution in [0.3, 0.4) is 0 Å². The van der Waals surface area contributed by atoms with E-state index in [1.165, 1.54) is 4.40 Å². The topological polar surface area (TPSA) is 89.5 Å².